The molecule has 6 nitrogen and oxygen atoms in total. The van der Waals surface area contributed by atoms with Crippen molar-refractivity contribution in [2.45, 2.75) is 45.1 Å². The molecule has 33 heavy (non-hydrogen) atoms. The van der Waals surface area contributed by atoms with Crippen molar-refractivity contribution < 1.29 is 13.9 Å². The van der Waals surface area contributed by atoms with Gasteiger partial charge in [-0.2, -0.15) is 5.10 Å². The summed E-state index contributed by atoms with van der Waals surface area (Å²) in [5.74, 6) is -0.724. The number of aryl methyl sites for hydroxylation is 1. The SMILES string of the molecule is COC(=O)c1c(NC(=S)Nc2cnn(Cc3ccc(F)cc3Cl)c2)sc2c1CCCCCC2. The van der Waals surface area contributed by atoms with Gasteiger partial charge in [-0.3, -0.25) is 4.68 Å². The van der Waals surface area contributed by atoms with Gasteiger partial charge in [-0.25, -0.2) is 9.18 Å². The molecular weight excluding hydrogens is 483 g/mol. The van der Waals surface area contributed by atoms with Gasteiger partial charge < -0.3 is 15.4 Å². The maximum absolute atomic E-state index is 13.3. The number of anilines is 2. The number of hydrogen-bond donors (Lipinski definition) is 2. The number of benzene rings is 1. The van der Waals surface area contributed by atoms with E-state index in [1.54, 1.807) is 34.5 Å². The fourth-order valence-electron chi connectivity index (χ4n) is 3.93. The van der Waals surface area contributed by atoms with Crippen LogP contribution in [-0.2, 0) is 24.1 Å². The van der Waals surface area contributed by atoms with E-state index in [9.17, 15) is 9.18 Å². The maximum Gasteiger partial charge on any atom is 0.341 e. The van der Waals surface area contributed by atoms with Crippen molar-refractivity contribution in [1.29, 1.82) is 0 Å². The number of halogens is 2. The lowest BCUT2D eigenvalue weighted by molar-refractivity contribution is 0.0601. The van der Waals surface area contributed by atoms with Crippen molar-refractivity contribution in [3.05, 3.63) is 63.0 Å². The molecule has 3 aromatic rings. The molecule has 0 bridgehead atoms. The Bertz CT molecular complexity index is 1180. The van der Waals surface area contributed by atoms with Crippen LogP contribution in [0.4, 0.5) is 15.1 Å². The average Bonchev–Trinajstić information content (AvgIpc) is 3.33. The number of nitrogens with zero attached hydrogens (tertiary/aromatic N) is 2. The Labute approximate surface area is 206 Å². The zero-order valence-electron chi connectivity index (χ0n) is 18.1. The summed E-state index contributed by atoms with van der Waals surface area (Å²) in [4.78, 5) is 13.8. The van der Waals surface area contributed by atoms with E-state index in [1.807, 2.05) is 0 Å². The molecule has 2 N–H and O–H groups in total. The lowest BCUT2D eigenvalue weighted by Gasteiger charge is -2.11. The molecule has 0 saturated heterocycles. The number of carbonyl (C=O) groups excluding carboxylic acids is 1. The quantitative estimate of drug-likeness (QED) is 0.325. The number of methoxy groups -OCH3 is 1. The first-order valence-electron chi connectivity index (χ1n) is 10.7. The van der Waals surface area contributed by atoms with E-state index in [-0.39, 0.29) is 11.8 Å². The predicted molar refractivity (Wildman–Crippen MR) is 134 cm³/mol. The number of thiocarbonyl (C=S) groups is 1. The van der Waals surface area contributed by atoms with Gasteiger partial charge >= 0.3 is 5.97 Å². The van der Waals surface area contributed by atoms with Crippen molar-refractivity contribution in [3.8, 4) is 0 Å². The van der Waals surface area contributed by atoms with Gasteiger partial charge in [-0.1, -0.05) is 30.5 Å². The molecule has 0 saturated carbocycles. The molecule has 0 amide bonds. The highest BCUT2D eigenvalue weighted by Gasteiger charge is 2.25. The zero-order valence-corrected chi connectivity index (χ0v) is 20.5. The Kier molecular flexibility index (Phi) is 7.62. The first kappa shape index (κ1) is 23.7. The van der Waals surface area contributed by atoms with Crippen LogP contribution in [0.5, 0.6) is 0 Å². The third-order valence-electron chi connectivity index (χ3n) is 5.53. The van der Waals surface area contributed by atoms with E-state index in [0.717, 1.165) is 36.8 Å². The van der Waals surface area contributed by atoms with Crippen molar-refractivity contribution in [2.75, 3.05) is 17.7 Å². The molecule has 0 atom stereocenters. The number of nitrogens with one attached hydrogen (secondary N) is 2. The van der Waals surface area contributed by atoms with Crippen molar-refractivity contribution >= 4 is 56.9 Å². The lowest BCUT2D eigenvalue weighted by Crippen LogP contribution is -2.20. The van der Waals surface area contributed by atoms with Crippen LogP contribution in [-0.4, -0.2) is 28.0 Å². The Morgan fingerprint density at radius 1 is 1.27 bits per heavy atom. The molecule has 0 radical (unpaired) electrons. The Morgan fingerprint density at radius 3 is 2.82 bits per heavy atom. The van der Waals surface area contributed by atoms with Gasteiger partial charge in [0.25, 0.3) is 0 Å². The predicted octanol–water partition coefficient (Wildman–Crippen LogP) is 6.04. The van der Waals surface area contributed by atoms with Gasteiger partial charge in [0.15, 0.2) is 5.11 Å². The molecule has 174 valence electrons. The van der Waals surface area contributed by atoms with Gasteiger partial charge in [0.05, 0.1) is 31.1 Å². The summed E-state index contributed by atoms with van der Waals surface area (Å²) in [5.41, 5.74) is 3.11. The van der Waals surface area contributed by atoms with Crippen LogP contribution in [0, 0.1) is 5.82 Å². The zero-order chi connectivity index (χ0) is 23.4. The maximum atomic E-state index is 13.3. The summed E-state index contributed by atoms with van der Waals surface area (Å²) in [6.45, 7) is 0.394. The number of thiophene rings is 1. The highest BCUT2D eigenvalue weighted by Crippen LogP contribution is 2.37. The molecule has 1 aliphatic rings. The Balaban J connectivity index is 1.47. The van der Waals surface area contributed by atoms with Crippen LogP contribution in [0.3, 0.4) is 0 Å². The summed E-state index contributed by atoms with van der Waals surface area (Å²) >= 11 is 13.2. The van der Waals surface area contributed by atoms with E-state index < -0.39 is 0 Å². The topological polar surface area (TPSA) is 68.2 Å². The molecule has 1 aliphatic carbocycles. The number of hydrogen-bond acceptors (Lipinski definition) is 5. The second-order valence-electron chi connectivity index (χ2n) is 7.86. The molecule has 2 aromatic heterocycles. The van der Waals surface area contributed by atoms with Crippen LogP contribution in [0.25, 0.3) is 0 Å². The number of aromatic nitrogens is 2. The van der Waals surface area contributed by atoms with Gasteiger partial charge in [-0.15, -0.1) is 11.3 Å². The summed E-state index contributed by atoms with van der Waals surface area (Å²) in [5, 5.41) is 12.0. The number of fused-ring (bicyclic) bond motifs is 1. The monoisotopic (exact) mass is 506 g/mol. The van der Waals surface area contributed by atoms with Gasteiger partial charge in [0, 0.05) is 16.1 Å². The van der Waals surface area contributed by atoms with Crippen LogP contribution in [0.2, 0.25) is 5.02 Å². The van der Waals surface area contributed by atoms with Crippen LogP contribution in [0.15, 0.2) is 30.6 Å². The second kappa shape index (κ2) is 10.6. The van der Waals surface area contributed by atoms with E-state index in [1.165, 1.54) is 37.0 Å². The van der Waals surface area contributed by atoms with E-state index in [0.29, 0.717) is 32.9 Å². The van der Waals surface area contributed by atoms with Gasteiger partial charge in [0.2, 0.25) is 0 Å². The lowest BCUT2D eigenvalue weighted by atomic mass is 9.96. The molecule has 0 fully saturated rings. The van der Waals surface area contributed by atoms with E-state index in [2.05, 4.69) is 15.7 Å². The molecule has 2 heterocycles. The smallest absolute Gasteiger partial charge is 0.341 e. The first-order valence-corrected chi connectivity index (χ1v) is 12.3. The fourth-order valence-corrected chi connectivity index (χ4v) is 5.72. The molecular formula is C23H24ClFN4O2S2. The van der Waals surface area contributed by atoms with Gasteiger partial charge in [0.1, 0.15) is 10.8 Å². The van der Waals surface area contributed by atoms with Crippen molar-refractivity contribution in [1.82, 2.24) is 9.78 Å². The standard InChI is InChI=1S/C23H24ClFN4O2S2/c1-31-22(30)20-17-6-4-2-3-5-7-19(17)33-21(20)28-23(32)27-16-11-26-29(13-16)12-14-8-9-15(25)10-18(14)24/h8-11,13H,2-7,12H2,1H3,(H2,27,28,32). The van der Waals surface area contributed by atoms with Crippen molar-refractivity contribution in [3.63, 3.8) is 0 Å². The van der Waals surface area contributed by atoms with Gasteiger partial charge in [-0.05, 0) is 61.2 Å². The highest BCUT2D eigenvalue weighted by atomic mass is 35.5. The summed E-state index contributed by atoms with van der Waals surface area (Å²) < 4.78 is 20.0. The van der Waals surface area contributed by atoms with E-state index >= 15 is 0 Å². The van der Waals surface area contributed by atoms with Crippen molar-refractivity contribution in [2.24, 2.45) is 0 Å². The van der Waals surface area contributed by atoms with Crippen LogP contribution < -0.4 is 10.6 Å². The summed E-state index contributed by atoms with van der Waals surface area (Å²) in [6.07, 6.45) is 9.82. The second-order valence-corrected chi connectivity index (χ2v) is 9.78. The summed E-state index contributed by atoms with van der Waals surface area (Å²) in [6, 6.07) is 4.28. The minimum atomic E-state index is -0.379. The molecule has 1 aromatic carbocycles. The number of ether oxygens (including phenoxy) is 1. The molecule has 10 heteroatoms. The van der Waals surface area contributed by atoms with E-state index in [4.69, 9.17) is 28.6 Å². The molecule has 4 rings (SSSR count). The Hall–Kier alpha value is -2.49. The molecule has 0 spiro atoms. The highest BCUT2D eigenvalue weighted by molar-refractivity contribution is 7.80. The summed E-state index contributed by atoms with van der Waals surface area (Å²) in [7, 11) is 1.40. The average molecular weight is 507 g/mol. The number of carbonyl (C=O) groups is 1. The number of rotatable bonds is 5. The largest absolute Gasteiger partial charge is 0.465 e. The third-order valence-corrected chi connectivity index (χ3v) is 7.29. The molecule has 0 aliphatic heterocycles. The Morgan fingerprint density at radius 2 is 2.06 bits per heavy atom. The third kappa shape index (κ3) is 5.72. The number of esters is 1. The minimum absolute atomic E-state index is 0.345. The fraction of sp³-hybridized carbons (Fsp3) is 0.348. The minimum Gasteiger partial charge on any atom is -0.465 e. The normalized spacial score (nSPS) is 13.5. The first-order chi connectivity index (χ1) is 15.9. The molecule has 0 unspecified atom stereocenters. The van der Waals surface area contributed by atoms with Crippen LogP contribution >= 0.6 is 35.2 Å². The van der Waals surface area contributed by atoms with Crippen LogP contribution in [0.1, 0.15) is 52.0 Å².